The van der Waals surface area contributed by atoms with E-state index in [0.29, 0.717) is 11.0 Å². The van der Waals surface area contributed by atoms with E-state index < -0.39 is 0 Å². The van der Waals surface area contributed by atoms with E-state index in [2.05, 4.69) is 26.2 Å². The van der Waals surface area contributed by atoms with Gasteiger partial charge in [-0.1, -0.05) is 12.1 Å². The number of rotatable bonds is 5. The molecule has 0 bridgehead atoms. The van der Waals surface area contributed by atoms with Gasteiger partial charge in [0.05, 0.1) is 7.11 Å². The van der Waals surface area contributed by atoms with Gasteiger partial charge in [-0.25, -0.2) is 9.37 Å². The molecule has 0 atom stereocenters. The van der Waals surface area contributed by atoms with Crippen molar-refractivity contribution in [3.63, 3.8) is 0 Å². The third-order valence-electron chi connectivity index (χ3n) is 2.67. The second-order valence-electron chi connectivity index (χ2n) is 4.01. The van der Waals surface area contributed by atoms with E-state index in [4.69, 9.17) is 4.74 Å². The minimum absolute atomic E-state index is 0.275. The van der Waals surface area contributed by atoms with E-state index in [9.17, 15) is 4.39 Å². The van der Waals surface area contributed by atoms with Gasteiger partial charge in [0.25, 0.3) is 0 Å². The third-order valence-corrected chi connectivity index (χ3v) is 3.11. The van der Waals surface area contributed by atoms with Gasteiger partial charge < -0.3 is 10.1 Å². The van der Waals surface area contributed by atoms with Crippen LogP contribution in [0.1, 0.15) is 5.56 Å². The van der Waals surface area contributed by atoms with Crippen LogP contribution in [0.5, 0.6) is 5.75 Å². The van der Waals surface area contributed by atoms with Crippen molar-refractivity contribution < 1.29 is 9.13 Å². The maximum Gasteiger partial charge on any atom is 0.166 e. The Morgan fingerprint density at radius 1 is 1.32 bits per heavy atom. The molecular weight excluding hydrogens is 311 g/mol. The highest BCUT2D eigenvalue weighted by atomic mass is 79.9. The quantitative estimate of drug-likeness (QED) is 0.911. The van der Waals surface area contributed by atoms with Crippen molar-refractivity contribution in [2.45, 2.75) is 6.42 Å². The largest absolute Gasteiger partial charge is 0.497 e. The van der Waals surface area contributed by atoms with Gasteiger partial charge in [-0.15, -0.1) is 0 Å². The van der Waals surface area contributed by atoms with Crippen LogP contribution in [0.2, 0.25) is 0 Å². The molecule has 2 aromatic rings. The standard InChI is InChI=1S/C14H14BrFN2O/c1-19-12-4-2-10(3-5-12)6-7-17-14-13(16)8-11(15)9-18-14/h2-5,8-9H,6-7H2,1H3,(H,17,18). The molecule has 0 radical (unpaired) electrons. The second kappa shape index (κ2) is 6.52. The second-order valence-corrected chi connectivity index (χ2v) is 4.92. The van der Waals surface area contributed by atoms with Crippen LogP contribution in [-0.2, 0) is 6.42 Å². The summed E-state index contributed by atoms with van der Waals surface area (Å²) in [5.41, 5.74) is 1.16. The smallest absolute Gasteiger partial charge is 0.166 e. The highest BCUT2D eigenvalue weighted by Gasteiger charge is 2.03. The SMILES string of the molecule is COc1ccc(CCNc2ncc(Br)cc2F)cc1. The summed E-state index contributed by atoms with van der Waals surface area (Å²) in [6, 6.07) is 9.20. The number of pyridine rings is 1. The molecule has 5 heteroatoms. The lowest BCUT2D eigenvalue weighted by Crippen LogP contribution is -2.07. The monoisotopic (exact) mass is 324 g/mol. The van der Waals surface area contributed by atoms with Crippen molar-refractivity contribution in [3.8, 4) is 5.75 Å². The molecule has 0 saturated carbocycles. The van der Waals surface area contributed by atoms with Gasteiger partial charge in [0.1, 0.15) is 5.75 Å². The first-order valence-electron chi connectivity index (χ1n) is 5.87. The Bertz CT molecular complexity index is 546. The fraction of sp³-hybridized carbons (Fsp3) is 0.214. The van der Waals surface area contributed by atoms with Crippen molar-refractivity contribution in [3.05, 3.63) is 52.4 Å². The van der Waals surface area contributed by atoms with Crippen LogP contribution in [0.3, 0.4) is 0 Å². The fourth-order valence-electron chi connectivity index (χ4n) is 1.66. The topological polar surface area (TPSA) is 34.1 Å². The van der Waals surface area contributed by atoms with Crippen LogP contribution < -0.4 is 10.1 Å². The Kier molecular flexibility index (Phi) is 4.74. The van der Waals surface area contributed by atoms with Crippen LogP contribution in [-0.4, -0.2) is 18.6 Å². The lowest BCUT2D eigenvalue weighted by molar-refractivity contribution is 0.414. The van der Waals surface area contributed by atoms with E-state index >= 15 is 0 Å². The third kappa shape index (κ3) is 3.92. The minimum atomic E-state index is -0.357. The number of hydrogen-bond acceptors (Lipinski definition) is 3. The molecule has 2 rings (SSSR count). The first kappa shape index (κ1) is 13.8. The zero-order chi connectivity index (χ0) is 13.7. The van der Waals surface area contributed by atoms with Crippen molar-refractivity contribution >= 4 is 21.7 Å². The van der Waals surface area contributed by atoms with Gasteiger partial charge in [0.15, 0.2) is 11.6 Å². The molecular formula is C14H14BrFN2O. The summed E-state index contributed by atoms with van der Waals surface area (Å²) in [6.07, 6.45) is 2.36. The average molecular weight is 325 g/mol. The van der Waals surface area contributed by atoms with E-state index in [1.807, 2.05) is 24.3 Å². The summed E-state index contributed by atoms with van der Waals surface area (Å²) in [6.45, 7) is 0.623. The summed E-state index contributed by atoms with van der Waals surface area (Å²) >= 11 is 3.17. The number of benzene rings is 1. The molecule has 1 aromatic carbocycles. The van der Waals surface area contributed by atoms with Crippen LogP contribution in [0.25, 0.3) is 0 Å². The Balaban J connectivity index is 1.88. The number of anilines is 1. The Labute approximate surface area is 119 Å². The van der Waals surface area contributed by atoms with Crippen molar-refractivity contribution in [2.24, 2.45) is 0 Å². The molecule has 19 heavy (non-hydrogen) atoms. The first-order chi connectivity index (χ1) is 9.19. The molecule has 0 fully saturated rings. The number of nitrogens with zero attached hydrogens (tertiary/aromatic N) is 1. The lowest BCUT2D eigenvalue weighted by atomic mass is 10.1. The zero-order valence-electron chi connectivity index (χ0n) is 10.5. The molecule has 0 aliphatic carbocycles. The van der Waals surface area contributed by atoms with Crippen LogP contribution in [0.15, 0.2) is 41.0 Å². The molecule has 0 saturated heterocycles. The summed E-state index contributed by atoms with van der Waals surface area (Å²) in [5, 5.41) is 2.98. The molecule has 0 aliphatic heterocycles. The number of ether oxygens (including phenoxy) is 1. The van der Waals surface area contributed by atoms with Crippen molar-refractivity contribution in [1.82, 2.24) is 4.98 Å². The number of halogens is 2. The lowest BCUT2D eigenvalue weighted by Gasteiger charge is -2.07. The van der Waals surface area contributed by atoms with E-state index in [-0.39, 0.29) is 11.6 Å². The highest BCUT2D eigenvalue weighted by molar-refractivity contribution is 9.10. The maximum atomic E-state index is 13.5. The summed E-state index contributed by atoms with van der Waals surface area (Å²) in [4.78, 5) is 3.98. The molecule has 0 unspecified atom stereocenters. The van der Waals surface area contributed by atoms with Crippen LogP contribution in [0.4, 0.5) is 10.2 Å². The maximum absolute atomic E-state index is 13.5. The predicted octanol–water partition coefficient (Wildman–Crippen LogP) is 3.65. The van der Waals surface area contributed by atoms with E-state index in [0.717, 1.165) is 17.7 Å². The van der Waals surface area contributed by atoms with Crippen LogP contribution in [0, 0.1) is 5.82 Å². The van der Waals surface area contributed by atoms with Crippen molar-refractivity contribution in [1.29, 1.82) is 0 Å². The van der Waals surface area contributed by atoms with E-state index in [1.54, 1.807) is 13.3 Å². The van der Waals surface area contributed by atoms with Gasteiger partial charge >= 0.3 is 0 Å². The first-order valence-corrected chi connectivity index (χ1v) is 6.66. The molecule has 1 aromatic heterocycles. The number of hydrogen-bond donors (Lipinski definition) is 1. The molecule has 0 spiro atoms. The summed E-state index contributed by atoms with van der Waals surface area (Å²) in [5.74, 6) is 0.748. The molecule has 1 heterocycles. The predicted molar refractivity (Wildman–Crippen MR) is 77.1 cm³/mol. The Morgan fingerprint density at radius 2 is 2.05 bits per heavy atom. The molecule has 100 valence electrons. The van der Waals surface area contributed by atoms with Gasteiger partial charge in [0, 0.05) is 17.2 Å². The molecule has 3 nitrogen and oxygen atoms in total. The highest BCUT2D eigenvalue weighted by Crippen LogP contribution is 2.16. The molecule has 0 amide bonds. The zero-order valence-corrected chi connectivity index (χ0v) is 12.1. The Hall–Kier alpha value is -1.62. The number of nitrogens with one attached hydrogen (secondary N) is 1. The number of aromatic nitrogens is 1. The normalized spacial score (nSPS) is 10.3. The Morgan fingerprint density at radius 3 is 2.68 bits per heavy atom. The van der Waals surface area contributed by atoms with Gasteiger partial charge in [-0.2, -0.15) is 0 Å². The fourth-order valence-corrected chi connectivity index (χ4v) is 1.97. The minimum Gasteiger partial charge on any atom is -0.497 e. The summed E-state index contributed by atoms with van der Waals surface area (Å²) < 4.78 is 19.2. The van der Waals surface area contributed by atoms with Gasteiger partial charge in [-0.05, 0) is 46.1 Å². The van der Waals surface area contributed by atoms with Crippen molar-refractivity contribution in [2.75, 3.05) is 19.0 Å². The average Bonchev–Trinajstić information content (AvgIpc) is 2.42. The van der Waals surface area contributed by atoms with Crippen LogP contribution >= 0.6 is 15.9 Å². The molecule has 0 aliphatic rings. The molecule has 1 N–H and O–H groups in total. The summed E-state index contributed by atoms with van der Waals surface area (Å²) in [7, 11) is 1.64. The van der Waals surface area contributed by atoms with E-state index in [1.165, 1.54) is 6.07 Å². The van der Waals surface area contributed by atoms with Gasteiger partial charge in [0.2, 0.25) is 0 Å². The van der Waals surface area contributed by atoms with Gasteiger partial charge in [-0.3, -0.25) is 0 Å². The number of methoxy groups -OCH3 is 1.